The monoisotopic (exact) mass is 378 g/mol. The molecular formula is C23H26N2O3. The predicted molar refractivity (Wildman–Crippen MR) is 112 cm³/mol. The molecule has 0 bridgehead atoms. The lowest BCUT2D eigenvalue weighted by atomic mass is 10.1. The van der Waals surface area contributed by atoms with Gasteiger partial charge in [0.25, 0.3) is 5.91 Å². The lowest BCUT2D eigenvalue weighted by molar-refractivity contribution is -0.122. The number of hydrogen-bond donors (Lipinski definition) is 0. The molecule has 5 heteroatoms. The maximum atomic E-state index is 12.9. The topological polar surface area (TPSA) is 51.1 Å². The molecule has 146 valence electrons. The van der Waals surface area contributed by atoms with Gasteiger partial charge >= 0.3 is 0 Å². The Morgan fingerprint density at radius 1 is 0.964 bits per heavy atom. The Kier molecular flexibility index (Phi) is 6.14. The normalized spacial score (nSPS) is 15.1. The first kappa shape index (κ1) is 19.7. The van der Waals surface area contributed by atoms with E-state index in [0.717, 1.165) is 11.1 Å². The molecule has 0 fully saturated rings. The highest BCUT2D eigenvalue weighted by Gasteiger charge is 2.29. The second-order valence-corrected chi connectivity index (χ2v) is 6.45. The summed E-state index contributed by atoms with van der Waals surface area (Å²) < 4.78 is 11.3. The number of benzene rings is 2. The molecule has 0 unspecified atom stereocenters. The number of likely N-dealkylation sites (N-methyl/N-ethyl adjacent to an activating group) is 1. The number of aliphatic imine (C=N–C) groups is 1. The molecule has 0 saturated carbocycles. The first-order valence-electron chi connectivity index (χ1n) is 9.66. The summed E-state index contributed by atoms with van der Waals surface area (Å²) in [4.78, 5) is 19.2. The Morgan fingerprint density at radius 2 is 1.64 bits per heavy atom. The van der Waals surface area contributed by atoms with Gasteiger partial charge in [0.1, 0.15) is 11.5 Å². The summed E-state index contributed by atoms with van der Waals surface area (Å²) in [5, 5.41) is 0. The molecule has 0 radical (unpaired) electrons. The van der Waals surface area contributed by atoms with Crippen molar-refractivity contribution in [2.24, 2.45) is 4.99 Å². The van der Waals surface area contributed by atoms with Crippen LogP contribution in [0.2, 0.25) is 0 Å². The molecule has 2 aromatic rings. The molecule has 5 nitrogen and oxygen atoms in total. The molecule has 0 N–H and O–H groups in total. The summed E-state index contributed by atoms with van der Waals surface area (Å²) >= 11 is 0. The molecule has 1 aliphatic heterocycles. The largest absolute Gasteiger partial charge is 0.490 e. The first-order chi connectivity index (χ1) is 13.6. The van der Waals surface area contributed by atoms with E-state index in [1.807, 2.05) is 70.2 Å². The number of nitrogens with zero attached hydrogens (tertiary/aromatic N) is 2. The quantitative estimate of drug-likeness (QED) is 0.669. The maximum Gasteiger partial charge on any atom is 0.278 e. The van der Waals surface area contributed by atoms with Crippen LogP contribution in [0.15, 0.2) is 53.2 Å². The number of amidine groups is 1. The number of carbonyl (C=O) groups is 1. The summed E-state index contributed by atoms with van der Waals surface area (Å²) in [6.45, 7) is 9.52. The van der Waals surface area contributed by atoms with E-state index in [0.29, 0.717) is 42.8 Å². The Balaban J connectivity index is 1.97. The third-order valence-corrected chi connectivity index (χ3v) is 4.44. The van der Waals surface area contributed by atoms with Gasteiger partial charge in [0, 0.05) is 12.1 Å². The zero-order valence-electron chi connectivity index (χ0n) is 16.9. The summed E-state index contributed by atoms with van der Waals surface area (Å²) in [5.74, 6) is 1.96. The minimum absolute atomic E-state index is 0.0927. The van der Waals surface area contributed by atoms with Crippen LogP contribution in [-0.4, -0.2) is 36.4 Å². The summed E-state index contributed by atoms with van der Waals surface area (Å²) in [5.41, 5.74) is 3.38. The van der Waals surface area contributed by atoms with Crippen LogP contribution < -0.4 is 9.47 Å². The van der Waals surface area contributed by atoms with E-state index in [2.05, 4.69) is 4.99 Å². The highest BCUT2D eigenvalue weighted by atomic mass is 16.5. The Labute approximate surface area is 166 Å². The van der Waals surface area contributed by atoms with E-state index in [-0.39, 0.29) is 5.91 Å². The van der Waals surface area contributed by atoms with E-state index in [1.165, 1.54) is 5.56 Å². The van der Waals surface area contributed by atoms with Crippen molar-refractivity contribution >= 4 is 17.8 Å². The Morgan fingerprint density at radius 3 is 2.29 bits per heavy atom. The number of hydrogen-bond acceptors (Lipinski definition) is 4. The second kappa shape index (κ2) is 8.74. The van der Waals surface area contributed by atoms with Gasteiger partial charge in [-0.3, -0.25) is 9.69 Å². The molecule has 0 aromatic heterocycles. The number of carbonyl (C=O) groups excluding carboxylic acids is 1. The fourth-order valence-electron chi connectivity index (χ4n) is 3.08. The van der Waals surface area contributed by atoms with Crippen molar-refractivity contribution in [1.29, 1.82) is 0 Å². The average Bonchev–Trinajstić information content (AvgIpc) is 3.00. The fraction of sp³-hybridized carbons (Fsp3) is 0.304. The molecule has 0 saturated heterocycles. The molecule has 28 heavy (non-hydrogen) atoms. The molecule has 1 aliphatic rings. The van der Waals surface area contributed by atoms with Gasteiger partial charge < -0.3 is 9.47 Å². The summed E-state index contributed by atoms with van der Waals surface area (Å²) in [6, 6.07) is 13.7. The molecule has 0 spiro atoms. The van der Waals surface area contributed by atoms with E-state index in [4.69, 9.17) is 9.47 Å². The van der Waals surface area contributed by atoms with E-state index in [9.17, 15) is 4.79 Å². The minimum atomic E-state index is -0.0927. The molecular weight excluding hydrogens is 352 g/mol. The van der Waals surface area contributed by atoms with E-state index < -0.39 is 0 Å². The summed E-state index contributed by atoms with van der Waals surface area (Å²) in [6.07, 6.45) is 1.80. The third kappa shape index (κ3) is 4.09. The number of ether oxygens (including phenoxy) is 2. The minimum Gasteiger partial charge on any atom is -0.490 e. The highest BCUT2D eigenvalue weighted by molar-refractivity contribution is 6.19. The van der Waals surface area contributed by atoms with Crippen molar-refractivity contribution in [3.8, 4) is 11.5 Å². The third-order valence-electron chi connectivity index (χ3n) is 4.44. The smallest absolute Gasteiger partial charge is 0.278 e. The van der Waals surface area contributed by atoms with Gasteiger partial charge in [-0.25, -0.2) is 4.99 Å². The van der Waals surface area contributed by atoms with Gasteiger partial charge in [-0.1, -0.05) is 35.9 Å². The summed E-state index contributed by atoms with van der Waals surface area (Å²) in [7, 11) is 0. The van der Waals surface area contributed by atoms with Crippen molar-refractivity contribution in [2.45, 2.75) is 27.7 Å². The van der Waals surface area contributed by atoms with Crippen LogP contribution >= 0.6 is 0 Å². The molecule has 2 aromatic carbocycles. The van der Waals surface area contributed by atoms with Crippen molar-refractivity contribution in [3.05, 3.63) is 64.9 Å². The molecule has 0 atom stereocenters. The van der Waals surface area contributed by atoms with Gasteiger partial charge in [-0.05, 0) is 51.5 Å². The van der Waals surface area contributed by atoms with Crippen LogP contribution in [0.25, 0.3) is 6.08 Å². The van der Waals surface area contributed by atoms with E-state index in [1.54, 1.807) is 11.0 Å². The van der Waals surface area contributed by atoms with Gasteiger partial charge in [0.05, 0.1) is 13.2 Å². The fourth-order valence-corrected chi connectivity index (χ4v) is 3.08. The SMILES string of the molecule is CCOc1ccc(C=C2N=C(c3ccc(C)cc3)N(CC)C2=O)cc1OCC. The van der Waals surface area contributed by atoms with Crippen LogP contribution in [0.1, 0.15) is 37.5 Å². The average molecular weight is 378 g/mol. The van der Waals surface area contributed by atoms with E-state index >= 15 is 0 Å². The Bertz CT molecular complexity index is 914. The van der Waals surface area contributed by atoms with Crippen LogP contribution in [0.4, 0.5) is 0 Å². The lowest BCUT2D eigenvalue weighted by Crippen LogP contribution is -2.32. The van der Waals surface area contributed by atoms with Gasteiger partial charge in [0.15, 0.2) is 11.5 Å². The van der Waals surface area contributed by atoms with Crippen LogP contribution in [0.3, 0.4) is 0 Å². The Hall–Kier alpha value is -3.08. The van der Waals surface area contributed by atoms with Crippen molar-refractivity contribution in [3.63, 3.8) is 0 Å². The molecule has 1 amide bonds. The standard InChI is InChI=1S/C23H26N2O3/c1-5-25-22(18-11-8-16(4)9-12-18)24-19(23(25)26)14-17-10-13-20(27-6-2)21(15-17)28-7-3/h8-15H,5-7H2,1-4H3. The number of rotatable bonds is 7. The zero-order chi connectivity index (χ0) is 20.1. The van der Waals surface area contributed by atoms with Crippen molar-refractivity contribution in [1.82, 2.24) is 4.90 Å². The van der Waals surface area contributed by atoms with Gasteiger partial charge in [0.2, 0.25) is 0 Å². The number of amides is 1. The first-order valence-corrected chi connectivity index (χ1v) is 9.66. The molecule has 1 heterocycles. The van der Waals surface area contributed by atoms with Gasteiger partial charge in [-0.15, -0.1) is 0 Å². The van der Waals surface area contributed by atoms with Gasteiger partial charge in [-0.2, -0.15) is 0 Å². The van der Waals surface area contributed by atoms with Crippen molar-refractivity contribution < 1.29 is 14.3 Å². The zero-order valence-corrected chi connectivity index (χ0v) is 16.9. The number of aryl methyl sites for hydroxylation is 1. The molecule has 3 rings (SSSR count). The highest BCUT2D eigenvalue weighted by Crippen LogP contribution is 2.30. The maximum absolute atomic E-state index is 12.9. The van der Waals surface area contributed by atoms with Crippen molar-refractivity contribution in [2.75, 3.05) is 19.8 Å². The predicted octanol–water partition coefficient (Wildman–Crippen LogP) is 4.44. The van der Waals surface area contributed by atoms with Crippen LogP contribution in [0, 0.1) is 6.92 Å². The van der Waals surface area contributed by atoms with Crippen LogP contribution in [0.5, 0.6) is 11.5 Å². The van der Waals surface area contributed by atoms with Crippen LogP contribution in [-0.2, 0) is 4.79 Å². The molecule has 0 aliphatic carbocycles. The second-order valence-electron chi connectivity index (χ2n) is 6.45. The lowest BCUT2D eigenvalue weighted by Gasteiger charge is -2.15.